The molecule has 0 saturated heterocycles. The van der Waals surface area contributed by atoms with E-state index in [4.69, 9.17) is 11.6 Å². The quantitative estimate of drug-likeness (QED) is 0.481. The topological polar surface area (TPSA) is 59.8 Å². The number of aromatic nitrogens is 3. The molecule has 0 aliphatic heterocycles. The van der Waals surface area contributed by atoms with Gasteiger partial charge in [-0.25, -0.2) is 4.68 Å². The molecule has 6 heteroatoms. The molecule has 3 rings (SSSR count). The van der Waals surface area contributed by atoms with E-state index in [1.54, 1.807) is 41.4 Å². The number of benzene rings is 1. The number of halogens is 1. The molecular formula is C25H29ClN4O. The number of carbonyl (C=O) groups is 1. The summed E-state index contributed by atoms with van der Waals surface area (Å²) in [5.41, 5.74) is 4.71. The Bertz CT molecular complexity index is 1030. The number of nitrogens with one attached hydrogen (secondary N) is 1. The highest BCUT2D eigenvalue weighted by molar-refractivity contribution is 6.30. The summed E-state index contributed by atoms with van der Waals surface area (Å²) in [6.45, 7) is 12.3. The van der Waals surface area contributed by atoms with Crippen LogP contribution < -0.4 is 5.32 Å². The maximum absolute atomic E-state index is 12.8. The molecule has 162 valence electrons. The van der Waals surface area contributed by atoms with Crippen LogP contribution in [0.2, 0.25) is 5.02 Å². The summed E-state index contributed by atoms with van der Waals surface area (Å²) in [5, 5.41) is 8.03. The lowest BCUT2D eigenvalue weighted by molar-refractivity contribution is -0.115. The zero-order valence-electron chi connectivity index (χ0n) is 18.5. The van der Waals surface area contributed by atoms with Crippen LogP contribution in [-0.2, 0) is 11.3 Å². The van der Waals surface area contributed by atoms with E-state index in [1.807, 2.05) is 38.1 Å². The van der Waals surface area contributed by atoms with Crippen molar-refractivity contribution >= 4 is 29.2 Å². The van der Waals surface area contributed by atoms with E-state index in [0.29, 0.717) is 22.7 Å². The average molecular weight is 437 g/mol. The van der Waals surface area contributed by atoms with Crippen LogP contribution in [0.3, 0.4) is 0 Å². The molecule has 31 heavy (non-hydrogen) atoms. The van der Waals surface area contributed by atoms with E-state index in [2.05, 4.69) is 35.8 Å². The molecule has 1 amide bonds. The van der Waals surface area contributed by atoms with Crippen LogP contribution in [0.1, 0.15) is 49.7 Å². The number of hydrogen-bond acceptors (Lipinski definition) is 3. The van der Waals surface area contributed by atoms with Crippen LogP contribution in [0.25, 0.3) is 17.3 Å². The molecule has 3 aromatic rings. The third kappa shape index (κ3) is 6.40. The van der Waals surface area contributed by atoms with Crippen LogP contribution in [0, 0.1) is 6.92 Å². The molecule has 2 heterocycles. The molecule has 0 radical (unpaired) electrons. The van der Waals surface area contributed by atoms with Gasteiger partial charge in [-0.05, 0) is 55.8 Å². The Hall–Kier alpha value is -3.18. The molecule has 0 bridgehead atoms. The predicted molar refractivity (Wildman–Crippen MR) is 129 cm³/mol. The van der Waals surface area contributed by atoms with Crippen LogP contribution in [0.15, 0.2) is 61.4 Å². The molecule has 0 unspecified atom stereocenters. The highest BCUT2D eigenvalue weighted by Crippen LogP contribution is 2.24. The number of allylic oxidation sites excluding steroid dienone is 1. The van der Waals surface area contributed by atoms with Gasteiger partial charge in [0.15, 0.2) is 0 Å². The Morgan fingerprint density at radius 3 is 2.39 bits per heavy atom. The second-order valence-electron chi connectivity index (χ2n) is 6.94. The predicted octanol–water partition coefficient (Wildman–Crippen LogP) is 6.01. The van der Waals surface area contributed by atoms with Crippen molar-refractivity contribution in [1.82, 2.24) is 20.1 Å². The Kier molecular flexibility index (Phi) is 9.22. The number of pyridine rings is 1. The Balaban J connectivity index is 0.00000107. The van der Waals surface area contributed by atoms with Gasteiger partial charge in [-0.1, -0.05) is 50.6 Å². The van der Waals surface area contributed by atoms with Crippen molar-refractivity contribution in [3.05, 3.63) is 89.0 Å². The number of nitrogens with zero attached hydrogens (tertiary/aromatic N) is 3. The van der Waals surface area contributed by atoms with E-state index in [-0.39, 0.29) is 5.91 Å². The number of rotatable bonds is 6. The molecule has 0 fully saturated rings. The Morgan fingerprint density at radius 1 is 1.16 bits per heavy atom. The van der Waals surface area contributed by atoms with E-state index in [0.717, 1.165) is 22.6 Å². The van der Waals surface area contributed by atoms with Crippen molar-refractivity contribution < 1.29 is 4.79 Å². The van der Waals surface area contributed by atoms with Gasteiger partial charge in [0.05, 0.1) is 17.6 Å². The van der Waals surface area contributed by atoms with Crippen molar-refractivity contribution in [2.75, 3.05) is 0 Å². The molecule has 5 nitrogen and oxygen atoms in total. The average Bonchev–Trinajstić information content (AvgIpc) is 3.18. The zero-order valence-corrected chi connectivity index (χ0v) is 19.3. The normalized spacial score (nSPS) is 10.8. The molecule has 1 N–H and O–H groups in total. The fraction of sp³-hybridized carbons (Fsp3) is 0.240. The molecule has 0 aliphatic carbocycles. The summed E-state index contributed by atoms with van der Waals surface area (Å²) in [6.07, 6.45) is 8.16. The van der Waals surface area contributed by atoms with Crippen LogP contribution in [0.5, 0.6) is 0 Å². The van der Waals surface area contributed by atoms with Gasteiger partial charge in [0.1, 0.15) is 0 Å². The summed E-state index contributed by atoms with van der Waals surface area (Å²) in [5.74, 6) is -0.179. The maximum Gasteiger partial charge on any atom is 0.251 e. The van der Waals surface area contributed by atoms with Crippen molar-refractivity contribution in [1.29, 1.82) is 0 Å². The summed E-state index contributed by atoms with van der Waals surface area (Å²) >= 11 is 5.97. The molecule has 0 atom stereocenters. The third-order valence-electron chi connectivity index (χ3n) is 4.32. The van der Waals surface area contributed by atoms with Gasteiger partial charge in [-0.15, -0.1) is 0 Å². The van der Waals surface area contributed by atoms with Crippen LogP contribution in [0.4, 0.5) is 0 Å². The van der Waals surface area contributed by atoms with Gasteiger partial charge < -0.3 is 5.32 Å². The summed E-state index contributed by atoms with van der Waals surface area (Å²) in [6, 6.07) is 11.2. The molecule has 1 aromatic carbocycles. The Morgan fingerprint density at radius 2 is 1.84 bits per heavy atom. The lowest BCUT2D eigenvalue weighted by atomic mass is 10.1. The molecule has 0 saturated carbocycles. The van der Waals surface area contributed by atoms with Crippen LogP contribution >= 0.6 is 11.6 Å². The fourth-order valence-electron chi connectivity index (χ4n) is 2.84. The number of aryl methyl sites for hydroxylation is 1. The summed E-state index contributed by atoms with van der Waals surface area (Å²) < 4.78 is 1.74. The number of hydrogen-bond donors (Lipinski definition) is 1. The number of amides is 1. The zero-order chi connectivity index (χ0) is 22.8. The molecular weight excluding hydrogens is 408 g/mol. The van der Waals surface area contributed by atoms with Gasteiger partial charge in [-0.3, -0.25) is 9.78 Å². The van der Waals surface area contributed by atoms with Crippen molar-refractivity contribution in [3.8, 4) is 5.69 Å². The largest absolute Gasteiger partial charge is 0.348 e. The minimum Gasteiger partial charge on any atom is -0.348 e. The third-order valence-corrected chi connectivity index (χ3v) is 4.57. The minimum absolute atomic E-state index is 0.179. The van der Waals surface area contributed by atoms with E-state index in [1.165, 1.54) is 6.42 Å². The molecule has 0 spiro atoms. The van der Waals surface area contributed by atoms with Gasteiger partial charge in [0, 0.05) is 34.6 Å². The van der Waals surface area contributed by atoms with Crippen molar-refractivity contribution in [3.63, 3.8) is 0 Å². The first-order valence-corrected chi connectivity index (χ1v) is 10.7. The molecule has 0 aliphatic rings. The Labute approximate surface area is 189 Å². The highest BCUT2D eigenvalue weighted by atomic mass is 35.5. The summed E-state index contributed by atoms with van der Waals surface area (Å²) in [4.78, 5) is 17.0. The lowest BCUT2D eigenvalue weighted by Crippen LogP contribution is -2.24. The van der Waals surface area contributed by atoms with Gasteiger partial charge in [-0.2, -0.15) is 5.10 Å². The van der Waals surface area contributed by atoms with E-state index >= 15 is 0 Å². The van der Waals surface area contributed by atoms with Crippen molar-refractivity contribution in [2.24, 2.45) is 0 Å². The van der Waals surface area contributed by atoms with Gasteiger partial charge in [0.25, 0.3) is 5.91 Å². The number of carbonyl (C=O) groups excluding carboxylic acids is 1. The van der Waals surface area contributed by atoms with Gasteiger partial charge >= 0.3 is 0 Å². The second-order valence-corrected chi connectivity index (χ2v) is 7.37. The monoisotopic (exact) mass is 436 g/mol. The first kappa shape index (κ1) is 24.1. The molecule has 2 aromatic heterocycles. The SMILES string of the molecule is C=Cc1c(/C(=C\C)C(=O)NCc2ccc(C)nc2)cnn1-c1ccc(Cl)cc1.CCC. The highest BCUT2D eigenvalue weighted by Gasteiger charge is 2.18. The maximum atomic E-state index is 12.8. The van der Waals surface area contributed by atoms with Gasteiger partial charge in [0.2, 0.25) is 0 Å². The first-order chi connectivity index (χ1) is 14.9. The second kappa shape index (κ2) is 11.9. The minimum atomic E-state index is -0.179. The summed E-state index contributed by atoms with van der Waals surface area (Å²) in [7, 11) is 0. The van der Waals surface area contributed by atoms with Crippen molar-refractivity contribution in [2.45, 2.75) is 40.7 Å². The standard InChI is InChI=1S/C22H21ClN4O.C3H8/c1-4-19(22(28)25-13-16-7-6-15(3)24-12-16)20-14-26-27(21(20)5-2)18-10-8-17(23)9-11-18;1-3-2/h4-12,14H,2,13H2,1,3H3,(H,25,28);3H2,1-2H3/b19-4+;. The lowest BCUT2D eigenvalue weighted by Gasteiger charge is -2.10. The van der Waals surface area contributed by atoms with Crippen LogP contribution in [-0.4, -0.2) is 20.7 Å². The smallest absolute Gasteiger partial charge is 0.251 e. The first-order valence-electron chi connectivity index (χ1n) is 10.3. The van der Waals surface area contributed by atoms with E-state index in [9.17, 15) is 4.79 Å². The van der Waals surface area contributed by atoms with E-state index < -0.39 is 0 Å². The fourth-order valence-corrected chi connectivity index (χ4v) is 2.97.